The van der Waals surface area contributed by atoms with Crippen LogP contribution in [0.25, 0.3) is 0 Å². The van der Waals surface area contributed by atoms with Gasteiger partial charge in [-0.1, -0.05) is 18.2 Å². The minimum atomic E-state index is -1.17. The molecule has 0 aromatic heterocycles. The van der Waals surface area contributed by atoms with E-state index in [4.69, 9.17) is 5.11 Å². The van der Waals surface area contributed by atoms with Crippen LogP contribution in [-0.4, -0.2) is 28.7 Å². The Labute approximate surface area is 72.0 Å². The molecule has 0 aromatic rings. The van der Waals surface area contributed by atoms with E-state index < -0.39 is 6.10 Å². The summed E-state index contributed by atoms with van der Waals surface area (Å²) in [6.07, 6.45) is 3.78. The van der Waals surface area contributed by atoms with Crippen molar-refractivity contribution in [3.8, 4) is 0 Å². The van der Waals surface area contributed by atoms with Gasteiger partial charge in [-0.05, 0) is 19.4 Å². The molecule has 0 amide bonds. The van der Waals surface area contributed by atoms with Gasteiger partial charge in [0, 0.05) is 0 Å². The van der Waals surface area contributed by atoms with Gasteiger partial charge < -0.3 is 10.2 Å². The zero-order chi connectivity index (χ0) is 9.56. The largest absolute Gasteiger partial charge is 0.392 e. The molecule has 1 atom stereocenters. The second-order valence-electron chi connectivity index (χ2n) is 2.44. The molecule has 3 heteroatoms. The molecular weight excluding hydrogens is 156 g/mol. The van der Waals surface area contributed by atoms with Gasteiger partial charge in [-0.15, -0.1) is 0 Å². The quantitative estimate of drug-likeness (QED) is 0.601. The topological polar surface area (TPSA) is 57.5 Å². The number of carbonyl (C=O) groups is 1. The van der Waals surface area contributed by atoms with Crippen LogP contribution in [0.5, 0.6) is 0 Å². The predicted octanol–water partition coefficient (Wildman–Crippen LogP) is 0.431. The average Bonchev–Trinajstić information content (AvgIpc) is 2.05. The zero-order valence-electron chi connectivity index (χ0n) is 7.32. The monoisotopic (exact) mass is 170 g/mol. The molecule has 0 aliphatic carbocycles. The first-order valence-electron chi connectivity index (χ1n) is 3.74. The van der Waals surface area contributed by atoms with Crippen molar-refractivity contribution in [2.75, 3.05) is 6.61 Å². The van der Waals surface area contributed by atoms with Crippen LogP contribution >= 0.6 is 0 Å². The number of hydrogen-bond donors (Lipinski definition) is 2. The molecule has 0 aromatic carbocycles. The molecular formula is C9H14O3. The van der Waals surface area contributed by atoms with E-state index in [0.29, 0.717) is 5.57 Å². The van der Waals surface area contributed by atoms with Gasteiger partial charge in [-0.3, -0.25) is 4.79 Å². The van der Waals surface area contributed by atoms with Crippen molar-refractivity contribution < 1.29 is 15.0 Å². The second-order valence-corrected chi connectivity index (χ2v) is 2.44. The van der Waals surface area contributed by atoms with Crippen molar-refractivity contribution in [1.82, 2.24) is 0 Å². The maximum absolute atomic E-state index is 10.7. The van der Waals surface area contributed by atoms with Crippen molar-refractivity contribution in [1.29, 1.82) is 0 Å². The minimum Gasteiger partial charge on any atom is -0.392 e. The van der Waals surface area contributed by atoms with Gasteiger partial charge >= 0.3 is 0 Å². The maximum atomic E-state index is 10.7. The molecule has 2 N–H and O–H groups in total. The first-order chi connectivity index (χ1) is 5.63. The van der Waals surface area contributed by atoms with E-state index in [0.717, 1.165) is 0 Å². The molecule has 12 heavy (non-hydrogen) atoms. The van der Waals surface area contributed by atoms with E-state index in [-0.39, 0.29) is 12.4 Å². The Bertz CT molecular complexity index is 204. The first-order valence-corrected chi connectivity index (χ1v) is 3.74. The summed E-state index contributed by atoms with van der Waals surface area (Å²) in [5, 5.41) is 18.0. The van der Waals surface area contributed by atoms with Crippen molar-refractivity contribution >= 4 is 5.78 Å². The number of Topliss-reactive ketones (excluding diaryl/α,β-unsaturated/α-hetero) is 1. The lowest BCUT2D eigenvalue weighted by molar-refractivity contribution is -0.123. The van der Waals surface area contributed by atoms with Crippen LogP contribution in [-0.2, 0) is 4.79 Å². The highest BCUT2D eigenvalue weighted by Crippen LogP contribution is 2.02. The molecule has 0 fully saturated rings. The van der Waals surface area contributed by atoms with Gasteiger partial charge in [-0.25, -0.2) is 0 Å². The van der Waals surface area contributed by atoms with Crippen molar-refractivity contribution in [2.24, 2.45) is 0 Å². The number of rotatable bonds is 4. The summed E-state index contributed by atoms with van der Waals surface area (Å²) < 4.78 is 0. The molecule has 0 rings (SSSR count). The van der Waals surface area contributed by atoms with Crippen LogP contribution in [0.2, 0.25) is 0 Å². The lowest BCUT2D eigenvalue weighted by Crippen LogP contribution is -2.21. The second kappa shape index (κ2) is 5.69. The predicted molar refractivity (Wildman–Crippen MR) is 46.7 cm³/mol. The summed E-state index contributed by atoms with van der Waals surface area (Å²) in [7, 11) is 0. The van der Waals surface area contributed by atoms with Crippen LogP contribution in [0.4, 0.5) is 0 Å². The molecule has 0 aliphatic rings. The fraction of sp³-hybridized carbons (Fsp3) is 0.444. The molecule has 0 spiro atoms. The van der Waals surface area contributed by atoms with Gasteiger partial charge in [0.15, 0.2) is 5.78 Å². The number of allylic oxidation sites excluding steroid dienone is 3. The number of aliphatic hydroxyl groups excluding tert-OH is 2. The van der Waals surface area contributed by atoms with E-state index in [1.165, 1.54) is 13.0 Å². The zero-order valence-corrected chi connectivity index (χ0v) is 7.32. The molecule has 0 unspecified atom stereocenters. The summed E-state index contributed by atoms with van der Waals surface area (Å²) in [5.74, 6) is -0.361. The van der Waals surface area contributed by atoms with Crippen LogP contribution in [0.1, 0.15) is 13.8 Å². The van der Waals surface area contributed by atoms with E-state index in [1.54, 1.807) is 12.2 Å². The lowest BCUT2D eigenvalue weighted by atomic mass is 10.1. The normalized spacial score (nSPS) is 15.2. The van der Waals surface area contributed by atoms with E-state index in [1.807, 2.05) is 6.92 Å². The third-order valence-corrected chi connectivity index (χ3v) is 1.42. The highest BCUT2D eigenvalue weighted by Gasteiger charge is 2.13. The van der Waals surface area contributed by atoms with Crippen LogP contribution in [0.15, 0.2) is 23.8 Å². The number of aliphatic hydroxyl groups is 2. The third-order valence-electron chi connectivity index (χ3n) is 1.42. The summed E-state index contributed by atoms with van der Waals surface area (Å²) in [6.45, 7) is 2.79. The first kappa shape index (κ1) is 11.1. The minimum absolute atomic E-state index is 0.301. The molecule has 0 saturated carbocycles. The summed E-state index contributed by atoms with van der Waals surface area (Å²) in [4.78, 5) is 10.7. The molecule has 0 saturated heterocycles. The van der Waals surface area contributed by atoms with Gasteiger partial charge in [0.1, 0.15) is 6.10 Å². The Hall–Kier alpha value is -0.930. The Morgan fingerprint density at radius 1 is 1.58 bits per heavy atom. The van der Waals surface area contributed by atoms with Gasteiger partial charge in [-0.2, -0.15) is 0 Å². The van der Waals surface area contributed by atoms with Gasteiger partial charge in [0.25, 0.3) is 0 Å². The maximum Gasteiger partial charge on any atom is 0.162 e. The Kier molecular flexibility index (Phi) is 5.25. The standard InChI is InChI=1S/C9H14O3/c1-3-4-5-8(6-10)9(12)7(2)11/h3-5,9-10,12H,6H2,1-2H3/b4-3+,8-5+/t9-/m1/s1. The fourth-order valence-electron chi connectivity index (χ4n) is 0.711. The third kappa shape index (κ3) is 3.46. The molecule has 0 radical (unpaired) electrons. The highest BCUT2D eigenvalue weighted by molar-refractivity contribution is 5.83. The van der Waals surface area contributed by atoms with E-state index in [2.05, 4.69) is 0 Å². The number of hydrogen-bond acceptors (Lipinski definition) is 3. The van der Waals surface area contributed by atoms with Crippen LogP contribution in [0, 0.1) is 0 Å². The Morgan fingerprint density at radius 2 is 2.17 bits per heavy atom. The average molecular weight is 170 g/mol. The molecule has 68 valence electrons. The fourth-order valence-corrected chi connectivity index (χ4v) is 0.711. The summed E-state index contributed by atoms with van der Waals surface area (Å²) in [6, 6.07) is 0. The van der Waals surface area contributed by atoms with Crippen molar-refractivity contribution in [3.63, 3.8) is 0 Å². The van der Waals surface area contributed by atoms with Crippen molar-refractivity contribution in [3.05, 3.63) is 23.8 Å². The Balaban J connectivity index is 4.43. The lowest BCUT2D eigenvalue weighted by Gasteiger charge is -2.07. The molecule has 0 bridgehead atoms. The van der Waals surface area contributed by atoms with E-state index in [9.17, 15) is 9.90 Å². The van der Waals surface area contributed by atoms with Crippen LogP contribution < -0.4 is 0 Å². The molecule has 3 nitrogen and oxygen atoms in total. The number of ketones is 1. The summed E-state index contributed by atoms with van der Waals surface area (Å²) in [5.41, 5.74) is 0.320. The molecule has 0 heterocycles. The van der Waals surface area contributed by atoms with Crippen molar-refractivity contribution in [2.45, 2.75) is 20.0 Å². The molecule has 0 aliphatic heterocycles. The number of carbonyl (C=O) groups excluding carboxylic acids is 1. The SMILES string of the molecule is C/C=C/C=C(\CO)[C@H](O)C(C)=O. The summed E-state index contributed by atoms with van der Waals surface area (Å²) >= 11 is 0. The van der Waals surface area contributed by atoms with Gasteiger partial charge in [0.05, 0.1) is 6.61 Å². The Morgan fingerprint density at radius 3 is 2.50 bits per heavy atom. The smallest absolute Gasteiger partial charge is 0.162 e. The van der Waals surface area contributed by atoms with E-state index >= 15 is 0 Å². The highest BCUT2D eigenvalue weighted by atomic mass is 16.3. The van der Waals surface area contributed by atoms with Crippen LogP contribution in [0.3, 0.4) is 0 Å². The van der Waals surface area contributed by atoms with Gasteiger partial charge in [0.2, 0.25) is 0 Å².